The first-order chi connectivity index (χ1) is 12.6. The van der Waals surface area contributed by atoms with E-state index in [-0.39, 0.29) is 18.1 Å². The number of para-hydroxylation sites is 1. The zero-order chi connectivity index (χ0) is 18.3. The maximum absolute atomic E-state index is 12.7. The van der Waals surface area contributed by atoms with E-state index in [0.29, 0.717) is 27.7 Å². The molecule has 1 aliphatic rings. The van der Waals surface area contributed by atoms with Gasteiger partial charge in [-0.3, -0.25) is 9.36 Å². The highest BCUT2D eigenvalue weighted by atomic mass is 35.5. The van der Waals surface area contributed by atoms with E-state index in [9.17, 15) is 9.59 Å². The first kappa shape index (κ1) is 16.4. The molecule has 0 unspecified atom stereocenters. The van der Waals surface area contributed by atoms with Crippen LogP contribution in [0.1, 0.15) is 26.5 Å². The van der Waals surface area contributed by atoms with Crippen LogP contribution in [0, 0.1) is 0 Å². The Kier molecular flexibility index (Phi) is 3.97. The zero-order valence-corrected chi connectivity index (χ0v) is 14.6. The minimum atomic E-state index is -0.573. The molecule has 130 valence electrons. The lowest BCUT2D eigenvalue weighted by Crippen LogP contribution is -2.26. The largest absolute Gasteiger partial charge is 0.422 e. The van der Waals surface area contributed by atoms with Gasteiger partial charge in [-0.1, -0.05) is 35.9 Å². The van der Waals surface area contributed by atoms with E-state index >= 15 is 0 Å². The Morgan fingerprint density at radius 3 is 2.69 bits per heavy atom. The summed E-state index contributed by atoms with van der Waals surface area (Å²) < 4.78 is 7.11. The van der Waals surface area contributed by atoms with Crippen molar-refractivity contribution in [3.63, 3.8) is 0 Å². The highest BCUT2D eigenvalue weighted by Gasteiger charge is 2.30. The minimum absolute atomic E-state index is 0.168. The number of carbonyl (C=O) groups is 2. The summed E-state index contributed by atoms with van der Waals surface area (Å²) in [6.07, 6.45) is 1.51. The average Bonchev–Trinajstić information content (AvgIpc) is 3.01. The predicted octanol–water partition coefficient (Wildman–Crippen LogP) is 3.33. The molecule has 0 atom stereocenters. The fraction of sp³-hybridized carbons (Fsp3) is 0.105. The molecule has 2 aromatic carbocycles. The van der Waals surface area contributed by atoms with Gasteiger partial charge in [-0.15, -0.1) is 0 Å². The molecular weight excluding hydrogens is 354 g/mol. The molecule has 1 aromatic heterocycles. The molecule has 7 heteroatoms. The maximum Gasteiger partial charge on any atom is 0.364 e. The van der Waals surface area contributed by atoms with Crippen molar-refractivity contribution in [2.24, 2.45) is 0 Å². The van der Waals surface area contributed by atoms with Gasteiger partial charge in [0.2, 0.25) is 0 Å². The molecule has 1 aliphatic heterocycles. The molecule has 2 heterocycles. The summed E-state index contributed by atoms with van der Waals surface area (Å²) in [5.41, 5.74) is 1.72. The molecule has 26 heavy (non-hydrogen) atoms. The van der Waals surface area contributed by atoms with Crippen LogP contribution in [-0.4, -0.2) is 33.4 Å². The van der Waals surface area contributed by atoms with E-state index in [1.54, 1.807) is 54.1 Å². The van der Waals surface area contributed by atoms with Crippen LogP contribution in [0.25, 0.3) is 5.69 Å². The van der Waals surface area contributed by atoms with Gasteiger partial charge in [-0.25, -0.2) is 9.78 Å². The summed E-state index contributed by atoms with van der Waals surface area (Å²) in [6.45, 7) is 0.211. The van der Waals surface area contributed by atoms with E-state index in [0.717, 1.165) is 0 Å². The number of aromatic nitrogens is 2. The van der Waals surface area contributed by atoms with Crippen LogP contribution in [0.15, 0.2) is 54.9 Å². The third-order valence-electron chi connectivity index (χ3n) is 4.21. The van der Waals surface area contributed by atoms with Crippen molar-refractivity contribution in [2.75, 3.05) is 7.05 Å². The van der Waals surface area contributed by atoms with Crippen LogP contribution >= 0.6 is 11.6 Å². The van der Waals surface area contributed by atoms with E-state index in [2.05, 4.69) is 4.98 Å². The van der Waals surface area contributed by atoms with Gasteiger partial charge in [-0.2, -0.15) is 0 Å². The number of carbonyl (C=O) groups excluding carboxylic acids is 2. The molecule has 0 saturated carbocycles. The SMILES string of the molecule is CN1Cc2c(C(=O)Oc3ccccc3)ncn2-c2cccc(Cl)c2C1=O. The number of nitrogens with zero attached hydrogens (tertiary/aromatic N) is 3. The predicted molar refractivity (Wildman–Crippen MR) is 95.8 cm³/mol. The van der Waals surface area contributed by atoms with Gasteiger partial charge in [0.15, 0.2) is 5.69 Å². The summed E-state index contributed by atoms with van der Waals surface area (Å²) in [5, 5.41) is 0.356. The molecule has 0 aliphatic carbocycles. The van der Waals surface area contributed by atoms with Crippen molar-refractivity contribution in [2.45, 2.75) is 6.54 Å². The topological polar surface area (TPSA) is 64.4 Å². The quantitative estimate of drug-likeness (QED) is 0.515. The fourth-order valence-electron chi connectivity index (χ4n) is 2.96. The maximum atomic E-state index is 12.7. The van der Waals surface area contributed by atoms with Crippen molar-refractivity contribution in [1.29, 1.82) is 0 Å². The normalized spacial score (nSPS) is 13.0. The number of benzene rings is 2. The molecule has 0 radical (unpaired) electrons. The molecule has 0 saturated heterocycles. The van der Waals surface area contributed by atoms with E-state index in [4.69, 9.17) is 16.3 Å². The van der Waals surface area contributed by atoms with Gasteiger partial charge in [0.1, 0.15) is 12.1 Å². The number of amides is 1. The number of hydrogen-bond donors (Lipinski definition) is 0. The van der Waals surface area contributed by atoms with E-state index in [1.807, 2.05) is 6.07 Å². The fourth-order valence-corrected chi connectivity index (χ4v) is 3.21. The number of halogens is 1. The van der Waals surface area contributed by atoms with Gasteiger partial charge < -0.3 is 9.64 Å². The second-order valence-corrected chi connectivity index (χ2v) is 6.31. The Morgan fingerprint density at radius 2 is 1.92 bits per heavy atom. The summed E-state index contributed by atoms with van der Waals surface area (Å²) in [4.78, 5) is 31.0. The Balaban J connectivity index is 1.80. The van der Waals surface area contributed by atoms with Gasteiger partial charge in [0, 0.05) is 7.05 Å². The second kappa shape index (κ2) is 6.31. The Morgan fingerprint density at radius 1 is 1.15 bits per heavy atom. The number of imidazole rings is 1. The minimum Gasteiger partial charge on any atom is -0.422 e. The van der Waals surface area contributed by atoms with E-state index < -0.39 is 5.97 Å². The lowest BCUT2D eigenvalue weighted by molar-refractivity contribution is 0.0718. The summed E-state index contributed by atoms with van der Waals surface area (Å²) in [5.74, 6) is -0.353. The molecule has 1 amide bonds. The van der Waals surface area contributed by atoms with Crippen molar-refractivity contribution in [3.05, 3.63) is 76.8 Å². The number of fused-ring (bicyclic) bond motifs is 3. The number of ether oxygens (including phenoxy) is 1. The zero-order valence-electron chi connectivity index (χ0n) is 13.8. The molecule has 0 fully saturated rings. The molecule has 0 N–H and O–H groups in total. The molecule has 3 aromatic rings. The lowest BCUT2D eigenvalue weighted by Gasteiger charge is -2.15. The third-order valence-corrected chi connectivity index (χ3v) is 4.53. The number of hydrogen-bond acceptors (Lipinski definition) is 4. The van der Waals surface area contributed by atoms with Crippen molar-refractivity contribution in [1.82, 2.24) is 14.5 Å². The Bertz CT molecular complexity index is 1010. The smallest absolute Gasteiger partial charge is 0.364 e. The Labute approximate surface area is 154 Å². The van der Waals surface area contributed by atoms with Gasteiger partial charge in [0.05, 0.1) is 28.5 Å². The molecular formula is C19H14ClN3O3. The molecule has 4 rings (SSSR count). The first-order valence-corrected chi connectivity index (χ1v) is 8.32. The summed E-state index contributed by atoms with van der Waals surface area (Å²) >= 11 is 6.25. The van der Waals surface area contributed by atoms with Crippen LogP contribution in [0.3, 0.4) is 0 Å². The van der Waals surface area contributed by atoms with Gasteiger partial charge in [-0.05, 0) is 24.3 Å². The second-order valence-electron chi connectivity index (χ2n) is 5.91. The number of rotatable bonds is 2. The van der Waals surface area contributed by atoms with Crippen LogP contribution in [0.4, 0.5) is 0 Å². The standard InChI is InChI=1S/C19H14ClN3O3/c1-22-10-15-17(19(25)26-12-6-3-2-4-7-12)21-11-23(15)14-9-5-8-13(20)16(14)18(22)24/h2-9,11H,10H2,1H3. The van der Waals surface area contributed by atoms with Crippen LogP contribution in [0.2, 0.25) is 5.02 Å². The van der Waals surface area contributed by atoms with Crippen LogP contribution in [0.5, 0.6) is 5.75 Å². The van der Waals surface area contributed by atoms with Crippen LogP contribution in [-0.2, 0) is 6.54 Å². The van der Waals surface area contributed by atoms with E-state index in [1.165, 1.54) is 11.2 Å². The highest BCUT2D eigenvalue weighted by molar-refractivity contribution is 6.34. The average molecular weight is 368 g/mol. The van der Waals surface area contributed by atoms with Crippen molar-refractivity contribution >= 4 is 23.5 Å². The number of esters is 1. The highest BCUT2D eigenvalue weighted by Crippen LogP contribution is 2.30. The summed E-state index contributed by atoms with van der Waals surface area (Å²) in [7, 11) is 1.66. The molecule has 0 spiro atoms. The van der Waals surface area contributed by atoms with Crippen molar-refractivity contribution < 1.29 is 14.3 Å². The van der Waals surface area contributed by atoms with Gasteiger partial charge >= 0.3 is 5.97 Å². The molecule has 6 nitrogen and oxygen atoms in total. The first-order valence-electron chi connectivity index (χ1n) is 7.94. The van der Waals surface area contributed by atoms with Gasteiger partial charge in [0.25, 0.3) is 5.91 Å². The van der Waals surface area contributed by atoms with Crippen LogP contribution < -0.4 is 4.74 Å². The summed E-state index contributed by atoms with van der Waals surface area (Å²) in [6, 6.07) is 14.0. The van der Waals surface area contributed by atoms with Crippen molar-refractivity contribution in [3.8, 4) is 11.4 Å². The monoisotopic (exact) mass is 367 g/mol. The lowest BCUT2D eigenvalue weighted by atomic mass is 10.1. The third kappa shape index (κ3) is 2.64. The molecule has 0 bridgehead atoms. The Hall–Kier alpha value is -3.12.